The lowest BCUT2D eigenvalue weighted by atomic mass is 10.1. The van der Waals surface area contributed by atoms with Crippen molar-refractivity contribution in [2.45, 2.75) is 23.3 Å². The van der Waals surface area contributed by atoms with Crippen LogP contribution in [0.3, 0.4) is 0 Å². The van der Waals surface area contributed by atoms with Gasteiger partial charge in [-0.3, -0.25) is 0 Å². The van der Waals surface area contributed by atoms with Crippen LogP contribution in [0.15, 0.2) is 0 Å². The summed E-state index contributed by atoms with van der Waals surface area (Å²) in [6.45, 7) is 0.0497. The molecule has 0 aromatic heterocycles. The van der Waals surface area contributed by atoms with Gasteiger partial charge in [0.2, 0.25) is 0 Å². The highest BCUT2D eigenvalue weighted by atomic mass is 79.9. The topological polar surface area (TPSA) is 69.9 Å². The first-order valence-corrected chi connectivity index (χ1v) is 3.84. The summed E-state index contributed by atoms with van der Waals surface area (Å²) in [4.78, 5) is 0. The van der Waals surface area contributed by atoms with E-state index in [0.29, 0.717) is 0 Å². The Hall–Kier alpha value is 0.320. The van der Waals surface area contributed by atoms with Crippen LogP contribution >= 0.6 is 15.9 Å². The molecule has 1 unspecified atom stereocenters. The number of hydrogen-bond acceptors (Lipinski definition) is 4. The van der Waals surface area contributed by atoms with Gasteiger partial charge in [0.1, 0.15) is 23.3 Å². The summed E-state index contributed by atoms with van der Waals surface area (Å²) in [6.07, 6.45) is -3.15. The molecular weight excluding hydrogens is 204 g/mol. The summed E-state index contributed by atoms with van der Waals surface area (Å²) < 4.78 is 4.83. The van der Waals surface area contributed by atoms with E-state index >= 15 is 0 Å². The summed E-state index contributed by atoms with van der Waals surface area (Å²) in [5.41, 5.74) is 0. The second-order valence-corrected chi connectivity index (χ2v) is 3.14. The Morgan fingerprint density at radius 3 is 2.30 bits per heavy atom. The lowest BCUT2D eigenvalue weighted by Crippen LogP contribution is -2.50. The van der Waals surface area contributed by atoms with E-state index in [9.17, 15) is 0 Å². The van der Waals surface area contributed by atoms with Gasteiger partial charge in [-0.1, -0.05) is 15.9 Å². The molecule has 1 aliphatic rings. The SMILES string of the molecule is O[C@H]1[C@H](O)COC(Br)[C@@H]1O. The fourth-order valence-electron chi connectivity index (χ4n) is 0.770. The molecule has 0 radical (unpaired) electrons. The van der Waals surface area contributed by atoms with Crippen molar-refractivity contribution in [3.05, 3.63) is 0 Å². The van der Waals surface area contributed by atoms with Crippen molar-refractivity contribution in [2.24, 2.45) is 0 Å². The fourth-order valence-corrected chi connectivity index (χ4v) is 1.24. The molecule has 0 saturated carbocycles. The summed E-state index contributed by atoms with van der Waals surface area (Å²) in [6, 6.07) is 0. The molecule has 0 spiro atoms. The molecule has 1 aliphatic heterocycles. The first-order chi connectivity index (χ1) is 4.63. The zero-order chi connectivity index (χ0) is 7.72. The molecule has 60 valence electrons. The van der Waals surface area contributed by atoms with Crippen molar-refractivity contribution in [3.8, 4) is 0 Å². The number of hydrogen-bond donors (Lipinski definition) is 3. The second kappa shape index (κ2) is 3.15. The minimum Gasteiger partial charge on any atom is -0.388 e. The molecule has 1 heterocycles. The van der Waals surface area contributed by atoms with Gasteiger partial charge in [-0.2, -0.15) is 0 Å². The third kappa shape index (κ3) is 1.49. The number of aliphatic hydroxyl groups excluding tert-OH is 3. The van der Waals surface area contributed by atoms with E-state index in [1.165, 1.54) is 0 Å². The van der Waals surface area contributed by atoms with E-state index in [4.69, 9.17) is 20.1 Å². The normalized spacial score (nSPS) is 49.2. The molecule has 0 aromatic rings. The number of rotatable bonds is 0. The van der Waals surface area contributed by atoms with Crippen molar-refractivity contribution >= 4 is 15.9 Å². The third-order valence-electron chi connectivity index (χ3n) is 1.44. The Balaban J connectivity index is 2.52. The molecule has 3 N–H and O–H groups in total. The lowest BCUT2D eigenvalue weighted by molar-refractivity contribution is -0.159. The Bertz CT molecular complexity index is 106. The highest BCUT2D eigenvalue weighted by Crippen LogP contribution is 2.19. The van der Waals surface area contributed by atoms with Crippen LogP contribution in [0.25, 0.3) is 0 Å². The second-order valence-electron chi connectivity index (χ2n) is 2.23. The Morgan fingerprint density at radius 2 is 1.80 bits per heavy atom. The van der Waals surface area contributed by atoms with Gasteiger partial charge in [0.05, 0.1) is 6.61 Å². The Labute approximate surface area is 66.6 Å². The zero-order valence-electron chi connectivity index (χ0n) is 5.14. The van der Waals surface area contributed by atoms with E-state index in [0.717, 1.165) is 0 Å². The fraction of sp³-hybridized carbons (Fsp3) is 1.00. The van der Waals surface area contributed by atoms with Gasteiger partial charge in [-0.25, -0.2) is 0 Å². The van der Waals surface area contributed by atoms with Gasteiger partial charge in [-0.05, 0) is 0 Å². The highest BCUT2D eigenvalue weighted by Gasteiger charge is 2.35. The average molecular weight is 213 g/mol. The van der Waals surface area contributed by atoms with Crippen molar-refractivity contribution in [1.82, 2.24) is 0 Å². The molecule has 10 heavy (non-hydrogen) atoms. The minimum absolute atomic E-state index is 0.0497. The monoisotopic (exact) mass is 212 g/mol. The summed E-state index contributed by atoms with van der Waals surface area (Å²) >= 11 is 2.98. The van der Waals surface area contributed by atoms with Crippen molar-refractivity contribution in [1.29, 1.82) is 0 Å². The average Bonchev–Trinajstić information content (AvgIpc) is 1.93. The van der Waals surface area contributed by atoms with Crippen LogP contribution in [0, 0.1) is 0 Å². The van der Waals surface area contributed by atoms with E-state index < -0.39 is 23.3 Å². The molecule has 0 amide bonds. The van der Waals surface area contributed by atoms with Crippen LogP contribution in [0.4, 0.5) is 0 Å². The van der Waals surface area contributed by atoms with Crippen LogP contribution in [-0.4, -0.2) is 45.3 Å². The van der Waals surface area contributed by atoms with Crippen LogP contribution in [0.1, 0.15) is 0 Å². The predicted octanol–water partition coefficient (Wildman–Crippen LogP) is -1.18. The lowest BCUT2D eigenvalue weighted by Gasteiger charge is -2.31. The molecule has 1 fully saturated rings. The number of aliphatic hydroxyl groups is 3. The van der Waals surface area contributed by atoms with Crippen molar-refractivity contribution in [3.63, 3.8) is 0 Å². The smallest absolute Gasteiger partial charge is 0.141 e. The Kier molecular flexibility index (Phi) is 2.65. The molecule has 4 atom stereocenters. The van der Waals surface area contributed by atoms with E-state index in [1.807, 2.05) is 0 Å². The van der Waals surface area contributed by atoms with E-state index in [-0.39, 0.29) is 6.61 Å². The minimum atomic E-state index is -1.11. The Morgan fingerprint density at radius 1 is 1.20 bits per heavy atom. The van der Waals surface area contributed by atoms with Gasteiger partial charge in [0.25, 0.3) is 0 Å². The third-order valence-corrected chi connectivity index (χ3v) is 2.24. The number of ether oxygens (including phenoxy) is 1. The molecule has 1 rings (SSSR count). The van der Waals surface area contributed by atoms with Gasteiger partial charge in [0.15, 0.2) is 0 Å². The number of alkyl halides is 1. The molecule has 5 heteroatoms. The molecule has 1 saturated heterocycles. The molecule has 0 aliphatic carbocycles. The first kappa shape index (κ1) is 8.42. The summed E-state index contributed by atoms with van der Waals surface area (Å²) in [5.74, 6) is 0. The molecule has 0 bridgehead atoms. The maximum absolute atomic E-state index is 9.03. The standard InChI is InChI=1S/C5H9BrO4/c6-5-4(9)3(8)2(7)1-10-5/h2-5,7-9H,1H2/t2-,3+,4-,5?/m1/s1. The maximum Gasteiger partial charge on any atom is 0.141 e. The largest absolute Gasteiger partial charge is 0.388 e. The van der Waals surface area contributed by atoms with E-state index in [2.05, 4.69) is 15.9 Å². The van der Waals surface area contributed by atoms with Crippen LogP contribution in [0.5, 0.6) is 0 Å². The van der Waals surface area contributed by atoms with Gasteiger partial charge < -0.3 is 20.1 Å². The quantitative estimate of drug-likeness (QED) is 0.443. The van der Waals surface area contributed by atoms with E-state index in [1.54, 1.807) is 0 Å². The number of halogens is 1. The van der Waals surface area contributed by atoms with Crippen LogP contribution in [-0.2, 0) is 4.74 Å². The van der Waals surface area contributed by atoms with Crippen LogP contribution in [0.2, 0.25) is 0 Å². The van der Waals surface area contributed by atoms with Gasteiger partial charge in [0, 0.05) is 0 Å². The van der Waals surface area contributed by atoms with Gasteiger partial charge in [-0.15, -0.1) is 0 Å². The first-order valence-electron chi connectivity index (χ1n) is 2.93. The van der Waals surface area contributed by atoms with Crippen molar-refractivity contribution < 1.29 is 20.1 Å². The van der Waals surface area contributed by atoms with Gasteiger partial charge >= 0.3 is 0 Å². The summed E-state index contributed by atoms with van der Waals surface area (Å²) in [5, 5.41) is 26.4. The van der Waals surface area contributed by atoms with Crippen molar-refractivity contribution in [2.75, 3.05) is 6.61 Å². The molecule has 0 aromatic carbocycles. The summed E-state index contributed by atoms with van der Waals surface area (Å²) in [7, 11) is 0. The highest BCUT2D eigenvalue weighted by molar-refractivity contribution is 9.09. The molecule has 4 nitrogen and oxygen atoms in total. The predicted molar refractivity (Wildman–Crippen MR) is 36.7 cm³/mol. The van der Waals surface area contributed by atoms with Crippen LogP contribution < -0.4 is 0 Å². The maximum atomic E-state index is 9.03. The molecular formula is C5H9BrO4. The zero-order valence-corrected chi connectivity index (χ0v) is 6.73.